The molecule has 0 bridgehead atoms. The molecule has 1 nitrogen and oxygen atoms in total. The zero-order valence-electron chi connectivity index (χ0n) is 9.58. The molecule has 0 N–H and O–H groups in total. The second-order valence-corrected chi connectivity index (χ2v) is 4.91. The number of carbonyl (C=O) groups excluding carboxylic acids is 1. The Morgan fingerprint density at radius 2 is 2.14 bits per heavy atom. The van der Waals surface area contributed by atoms with Crippen molar-refractivity contribution in [3.05, 3.63) is 12.2 Å². The Morgan fingerprint density at radius 3 is 2.71 bits per heavy atom. The lowest BCUT2D eigenvalue weighted by Crippen LogP contribution is -1.93. The fourth-order valence-electron chi connectivity index (χ4n) is 1.26. The summed E-state index contributed by atoms with van der Waals surface area (Å²) in [5, 5.41) is 0.190. The summed E-state index contributed by atoms with van der Waals surface area (Å²) in [4.78, 5) is 11.1. The summed E-state index contributed by atoms with van der Waals surface area (Å²) in [6.07, 6.45) is 8.61. The van der Waals surface area contributed by atoms with E-state index in [1.54, 1.807) is 6.08 Å². The summed E-state index contributed by atoms with van der Waals surface area (Å²) < 4.78 is 0. The van der Waals surface area contributed by atoms with Crippen LogP contribution in [0.15, 0.2) is 12.2 Å². The van der Waals surface area contributed by atoms with Crippen molar-refractivity contribution in [1.82, 2.24) is 0 Å². The Kier molecular flexibility index (Phi) is 9.16. The predicted octanol–water partition coefficient (Wildman–Crippen LogP) is 4.04. The van der Waals surface area contributed by atoms with Crippen LogP contribution in [0.2, 0.25) is 0 Å². The van der Waals surface area contributed by atoms with Crippen LogP contribution in [0.5, 0.6) is 0 Å². The van der Waals surface area contributed by atoms with Crippen LogP contribution in [0.1, 0.15) is 46.5 Å². The van der Waals surface area contributed by atoms with Crippen LogP contribution in [0.4, 0.5) is 0 Å². The number of allylic oxidation sites excluding steroid dienone is 1. The normalized spacial score (nSPS) is 13.4. The third-order valence-electron chi connectivity index (χ3n) is 2.13. The van der Waals surface area contributed by atoms with E-state index in [1.165, 1.54) is 31.0 Å². The summed E-state index contributed by atoms with van der Waals surface area (Å²) in [6.45, 7) is 6.46. The van der Waals surface area contributed by atoms with Gasteiger partial charge in [-0.25, -0.2) is 0 Å². The zero-order valence-corrected chi connectivity index (χ0v) is 10.4. The highest BCUT2D eigenvalue weighted by Crippen LogP contribution is 2.12. The Labute approximate surface area is 92.3 Å². The molecule has 14 heavy (non-hydrogen) atoms. The van der Waals surface area contributed by atoms with Gasteiger partial charge >= 0.3 is 0 Å². The van der Waals surface area contributed by atoms with E-state index in [4.69, 9.17) is 0 Å². The van der Waals surface area contributed by atoms with Gasteiger partial charge in [0.25, 0.3) is 0 Å². The Bertz CT molecular complexity index is 175. The van der Waals surface area contributed by atoms with Gasteiger partial charge in [-0.15, -0.1) is 0 Å². The van der Waals surface area contributed by atoms with E-state index < -0.39 is 0 Å². The minimum absolute atomic E-state index is 0.190. The maximum atomic E-state index is 11.1. The highest BCUT2D eigenvalue weighted by Gasteiger charge is 1.99. The van der Waals surface area contributed by atoms with Crippen LogP contribution < -0.4 is 0 Å². The number of hydrogen-bond donors (Lipinski definition) is 0. The van der Waals surface area contributed by atoms with Crippen LogP contribution in [-0.2, 0) is 4.79 Å². The van der Waals surface area contributed by atoms with Crippen molar-refractivity contribution in [3.63, 3.8) is 0 Å². The van der Waals surface area contributed by atoms with E-state index in [-0.39, 0.29) is 5.12 Å². The molecule has 0 radical (unpaired) electrons. The molecule has 82 valence electrons. The first kappa shape index (κ1) is 13.8. The highest BCUT2D eigenvalue weighted by molar-refractivity contribution is 8.14. The fourth-order valence-corrected chi connectivity index (χ4v) is 1.73. The van der Waals surface area contributed by atoms with Gasteiger partial charge in [0.1, 0.15) is 0 Å². The molecule has 0 amide bonds. The van der Waals surface area contributed by atoms with Gasteiger partial charge in [0.05, 0.1) is 0 Å². The molecule has 0 aromatic rings. The molecule has 0 unspecified atom stereocenters. The van der Waals surface area contributed by atoms with E-state index >= 15 is 0 Å². The fraction of sp³-hybridized carbons (Fsp3) is 0.750. The molecule has 0 aliphatic carbocycles. The number of carbonyl (C=O) groups is 1. The molecule has 0 rings (SSSR count). The number of unbranched alkanes of at least 4 members (excludes halogenated alkanes) is 1. The van der Waals surface area contributed by atoms with Crippen LogP contribution in [0, 0.1) is 5.92 Å². The monoisotopic (exact) mass is 214 g/mol. The molecule has 0 saturated carbocycles. The molecule has 2 heteroatoms. The smallest absolute Gasteiger partial charge is 0.211 e. The van der Waals surface area contributed by atoms with Gasteiger partial charge in [0.15, 0.2) is 0 Å². The molecule has 0 fully saturated rings. The van der Waals surface area contributed by atoms with Crippen molar-refractivity contribution in [2.75, 3.05) is 5.75 Å². The third kappa shape index (κ3) is 8.36. The van der Waals surface area contributed by atoms with E-state index in [0.29, 0.717) is 5.92 Å². The van der Waals surface area contributed by atoms with Gasteiger partial charge in [0.2, 0.25) is 5.12 Å². The predicted molar refractivity (Wildman–Crippen MR) is 65.6 cm³/mol. The average molecular weight is 214 g/mol. The third-order valence-corrected chi connectivity index (χ3v) is 2.84. The van der Waals surface area contributed by atoms with Gasteiger partial charge in [-0.3, -0.25) is 4.79 Å². The van der Waals surface area contributed by atoms with Crippen LogP contribution >= 0.6 is 11.8 Å². The molecule has 1 atom stereocenters. The highest BCUT2D eigenvalue weighted by atomic mass is 32.2. The summed E-state index contributed by atoms with van der Waals surface area (Å²) in [7, 11) is 0. The van der Waals surface area contributed by atoms with Crippen LogP contribution in [0.25, 0.3) is 0 Å². The van der Waals surface area contributed by atoms with Crippen molar-refractivity contribution < 1.29 is 4.79 Å². The molecular weight excluding hydrogens is 192 g/mol. The summed E-state index contributed by atoms with van der Waals surface area (Å²) in [6, 6.07) is 0. The van der Waals surface area contributed by atoms with E-state index in [1.807, 2.05) is 13.0 Å². The molecule has 0 aliphatic heterocycles. The summed E-state index contributed by atoms with van der Waals surface area (Å²) in [5.41, 5.74) is 0. The Morgan fingerprint density at radius 1 is 1.43 bits per heavy atom. The van der Waals surface area contributed by atoms with Gasteiger partial charge in [0, 0.05) is 0 Å². The quantitative estimate of drug-likeness (QED) is 0.595. The van der Waals surface area contributed by atoms with Crippen molar-refractivity contribution in [2.24, 2.45) is 5.92 Å². The van der Waals surface area contributed by atoms with E-state index in [9.17, 15) is 4.79 Å². The van der Waals surface area contributed by atoms with Gasteiger partial charge in [-0.05, 0) is 24.2 Å². The molecule has 0 spiro atoms. The standard InChI is InChI=1S/C12H22OS/c1-4-6-8-11(3)9-7-10-12(13)14-5-2/h7,10-11H,4-6,8-9H2,1-3H3/b10-7+/t11-/m1/s1. The maximum Gasteiger partial charge on any atom is 0.211 e. The number of hydrogen-bond acceptors (Lipinski definition) is 2. The first-order chi connectivity index (χ1) is 6.70. The largest absolute Gasteiger partial charge is 0.282 e. The van der Waals surface area contributed by atoms with E-state index in [0.717, 1.165) is 12.2 Å². The first-order valence-corrected chi connectivity index (χ1v) is 6.52. The van der Waals surface area contributed by atoms with Gasteiger partial charge < -0.3 is 0 Å². The van der Waals surface area contributed by atoms with Crippen molar-refractivity contribution in [1.29, 1.82) is 0 Å². The minimum Gasteiger partial charge on any atom is -0.282 e. The number of rotatable bonds is 7. The van der Waals surface area contributed by atoms with Gasteiger partial charge in [-0.1, -0.05) is 57.9 Å². The Balaban J connectivity index is 3.54. The van der Waals surface area contributed by atoms with Gasteiger partial charge in [-0.2, -0.15) is 0 Å². The zero-order chi connectivity index (χ0) is 10.8. The second kappa shape index (κ2) is 9.32. The lowest BCUT2D eigenvalue weighted by Gasteiger charge is -2.06. The van der Waals surface area contributed by atoms with Crippen molar-refractivity contribution >= 4 is 16.9 Å². The molecule has 0 heterocycles. The van der Waals surface area contributed by atoms with Crippen LogP contribution in [-0.4, -0.2) is 10.9 Å². The molecule has 0 aromatic carbocycles. The minimum atomic E-state index is 0.190. The maximum absolute atomic E-state index is 11.1. The average Bonchev–Trinajstić information content (AvgIpc) is 2.15. The number of thioether (sulfide) groups is 1. The molecular formula is C12H22OS. The lowest BCUT2D eigenvalue weighted by atomic mass is 10.0. The SMILES string of the molecule is CCCC[C@@H](C)C/C=C/C(=O)SCC. The van der Waals surface area contributed by atoms with Crippen molar-refractivity contribution in [3.8, 4) is 0 Å². The van der Waals surface area contributed by atoms with Crippen molar-refractivity contribution in [2.45, 2.75) is 46.5 Å². The second-order valence-electron chi connectivity index (χ2n) is 3.64. The van der Waals surface area contributed by atoms with E-state index in [2.05, 4.69) is 13.8 Å². The molecule has 0 saturated heterocycles. The molecule has 0 aliphatic rings. The topological polar surface area (TPSA) is 17.1 Å². The summed E-state index contributed by atoms with van der Waals surface area (Å²) >= 11 is 1.38. The van der Waals surface area contributed by atoms with Crippen LogP contribution in [0.3, 0.4) is 0 Å². The first-order valence-electron chi connectivity index (χ1n) is 5.54. The molecule has 0 aromatic heterocycles. The summed E-state index contributed by atoms with van der Waals surface area (Å²) in [5.74, 6) is 1.58. The Hall–Kier alpha value is -0.240. The lowest BCUT2D eigenvalue weighted by molar-refractivity contribution is -0.107.